The van der Waals surface area contributed by atoms with Crippen molar-refractivity contribution in [3.05, 3.63) is 79.7 Å². The van der Waals surface area contributed by atoms with Gasteiger partial charge in [0.25, 0.3) is 5.56 Å². The van der Waals surface area contributed by atoms with Crippen LogP contribution >= 0.6 is 34.7 Å². The lowest BCUT2D eigenvalue weighted by atomic mass is 9.97. The van der Waals surface area contributed by atoms with E-state index in [1.807, 2.05) is 19.1 Å². The van der Waals surface area contributed by atoms with Crippen molar-refractivity contribution in [3.63, 3.8) is 0 Å². The summed E-state index contributed by atoms with van der Waals surface area (Å²) in [5.41, 5.74) is 2.57. The van der Waals surface area contributed by atoms with Crippen molar-refractivity contribution in [1.29, 1.82) is 0 Å². The first-order chi connectivity index (χ1) is 16.4. The number of aromatic nitrogens is 2. The second-order valence-electron chi connectivity index (χ2n) is 8.18. The molecule has 0 bridgehead atoms. The van der Waals surface area contributed by atoms with E-state index in [0.717, 1.165) is 48.6 Å². The van der Waals surface area contributed by atoms with Gasteiger partial charge in [-0.1, -0.05) is 41.6 Å². The number of amides is 1. The number of carbonyl (C=O) groups excluding carboxylic acids is 1. The molecule has 9 heteroatoms. The van der Waals surface area contributed by atoms with Gasteiger partial charge < -0.3 is 5.32 Å². The maximum atomic E-state index is 13.9. The van der Waals surface area contributed by atoms with Crippen LogP contribution in [0.25, 0.3) is 15.9 Å². The van der Waals surface area contributed by atoms with Crippen LogP contribution in [0.1, 0.15) is 28.8 Å². The fraction of sp³-hybridized carbons (Fsp3) is 0.240. The van der Waals surface area contributed by atoms with Crippen LogP contribution in [0.4, 0.5) is 10.1 Å². The lowest BCUT2D eigenvalue weighted by molar-refractivity contribution is -0.113. The average Bonchev–Trinajstić information content (AvgIpc) is 3.20. The van der Waals surface area contributed by atoms with Crippen LogP contribution in [0.15, 0.2) is 52.4 Å². The molecule has 34 heavy (non-hydrogen) atoms. The Balaban J connectivity index is 1.55. The Bertz CT molecular complexity index is 1480. The summed E-state index contributed by atoms with van der Waals surface area (Å²) in [5, 5.41) is 4.19. The molecule has 0 saturated carbocycles. The van der Waals surface area contributed by atoms with E-state index in [0.29, 0.717) is 26.1 Å². The number of hydrogen-bond donors (Lipinski definition) is 1. The number of thioether (sulfide) groups is 1. The van der Waals surface area contributed by atoms with E-state index in [2.05, 4.69) is 5.32 Å². The van der Waals surface area contributed by atoms with Crippen LogP contribution in [0.3, 0.4) is 0 Å². The number of hydrogen-bond acceptors (Lipinski definition) is 5. The average molecular weight is 514 g/mol. The van der Waals surface area contributed by atoms with Crippen molar-refractivity contribution in [2.45, 2.75) is 37.8 Å². The summed E-state index contributed by atoms with van der Waals surface area (Å²) in [6, 6.07) is 11.4. The van der Waals surface area contributed by atoms with Crippen molar-refractivity contribution < 1.29 is 9.18 Å². The maximum Gasteiger partial charge on any atom is 0.267 e. The Morgan fingerprint density at radius 3 is 2.82 bits per heavy atom. The van der Waals surface area contributed by atoms with Crippen LogP contribution in [0.2, 0.25) is 5.02 Å². The summed E-state index contributed by atoms with van der Waals surface area (Å²) in [6.07, 6.45) is 4.00. The van der Waals surface area contributed by atoms with Crippen LogP contribution in [-0.4, -0.2) is 21.2 Å². The highest BCUT2D eigenvalue weighted by molar-refractivity contribution is 7.99. The minimum atomic E-state index is -0.504. The van der Waals surface area contributed by atoms with Crippen LogP contribution in [-0.2, 0) is 17.6 Å². The van der Waals surface area contributed by atoms with Gasteiger partial charge in [0.15, 0.2) is 5.16 Å². The van der Waals surface area contributed by atoms with Gasteiger partial charge in [0.1, 0.15) is 10.6 Å². The summed E-state index contributed by atoms with van der Waals surface area (Å²) >= 11 is 9.08. The number of aryl methyl sites for hydroxylation is 3. The molecule has 2 aromatic carbocycles. The van der Waals surface area contributed by atoms with Gasteiger partial charge in [0.2, 0.25) is 5.91 Å². The summed E-state index contributed by atoms with van der Waals surface area (Å²) in [5.74, 6) is -0.920. The summed E-state index contributed by atoms with van der Waals surface area (Å²) < 4.78 is 15.5. The molecule has 174 valence electrons. The molecule has 2 heterocycles. The van der Waals surface area contributed by atoms with Gasteiger partial charge in [0, 0.05) is 9.90 Å². The van der Waals surface area contributed by atoms with Gasteiger partial charge in [-0.2, -0.15) is 0 Å². The monoisotopic (exact) mass is 513 g/mol. The lowest BCUT2D eigenvalue weighted by Gasteiger charge is -2.14. The predicted octanol–water partition coefficient (Wildman–Crippen LogP) is 6.16. The molecule has 0 saturated heterocycles. The highest BCUT2D eigenvalue weighted by Gasteiger charge is 2.23. The molecule has 5 nitrogen and oxygen atoms in total. The fourth-order valence-electron chi connectivity index (χ4n) is 4.11. The highest BCUT2D eigenvalue weighted by atomic mass is 35.5. The Morgan fingerprint density at radius 1 is 1.24 bits per heavy atom. The van der Waals surface area contributed by atoms with E-state index < -0.39 is 5.82 Å². The number of halogens is 2. The van der Waals surface area contributed by atoms with E-state index in [1.54, 1.807) is 29.5 Å². The molecule has 1 aliphatic carbocycles. The topological polar surface area (TPSA) is 64.0 Å². The molecule has 0 fully saturated rings. The van der Waals surface area contributed by atoms with Crippen LogP contribution < -0.4 is 10.9 Å². The van der Waals surface area contributed by atoms with Gasteiger partial charge in [-0.3, -0.25) is 14.2 Å². The normalized spacial score (nSPS) is 13.1. The number of nitrogens with zero attached hydrogens (tertiary/aromatic N) is 2. The Kier molecular flexibility index (Phi) is 6.46. The molecule has 0 spiro atoms. The van der Waals surface area contributed by atoms with Gasteiger partial charge >= 0.3 is 0 Å². The molecule has 5 rings (SSSR count). The first-order valence-corrected chi connectivity index (χ1v) is 13.1. The molecule has 0 radical (unpaired) electrons. The first kappa shape index (κ1) is 23.1. The van der Waals surface area contributed by atoms with Crippen molar-refractivity contribution in [1.82, 2.24) is 9.55 Å². The van der Waals surface area contributed by atoms with Gasteiger partial charge in [-0.25, -0.2) is 9.37 Å². The van der Waals surface area contributed by atoms with Gasteiger partial charge in [-0.15, -0.1) is 11.3 Å². The van der Waals surface area contributed by atoms with E-state index in [-0.39, 0.29) is 22.9 Å². The SMILES string of the molecule is Cc1ccc(-n2c(SCC(=O)Nc3ccccc3F)nc3sc4c(c3c2=O)CCCC4)cc1Cl. The molecule has 4 aromatic rings. The van der Waals surface area contributed by atoms with Crippen molar-refractivity contribution in [3.8, 4) is 5.69 Å². The van der Waals surface area contributed by atoms with E-state index in [4.69, 9.17) is 16.6 Å². The fourth-order valence-corrected chi connectivity index (χ4v) is 6.40. The molecule has 1 N–H and O–H groups in total. The minimum absolute atomic E-state index is 0.0308. The largest absolute Gasteiger partial charge is 0.323 e. The van der Waals surface area contributed by atoms with Crippen molar-refractivity contribution in [2.24, 2.45) is 0 Å². The van der Waals surface area contributed by atoms with E-state index >= 15 is 0 Å². The number of rotatable bonds is 5. The van der Waals surface area contributed by atoms with Gasteiger partial charge in [-0.05, 0) is 68.0 Å². The molecule has 0 aliphatic heterocycles. The number of thiophene rings is 1. The minimum Gasteiger partial charge on any atom is -0.323 e. The molecule has 1 aliphatic rings. The Hall–Kier alpha value is -2.68. The summed E-state index contributed by atoms with van der Waals surface area (Å²) in [7, 11) is 0. The molecular weight excluding hydrogens is 493 g/mol. The number of anilines is 1. The number of nitrogens with one attached hydrogen (secondary N) is 1. The molecule has 0 unspecified atom stereocenters. The number of fused-ring (bicyclic) bond motifs is 3. The highest BCUT2D eigenvalue weighted by Crippen LogP contribution is 2.35. The zero-order valence-corrected chi connectivity index (χ0v) is 20.7. The number of benzene rings is 2. The molecule has 1 amide bonds. The third kappa shape index (κ3) is 4.37. The second-order valence-corrected chi connectivity index (χ2v) is 10.6. The number of para-hydroxylation sites is 1. The van der Waals surface area contributed by atoms with Crippen LogP contribution in [0, 0.1) is 12.7 Å². The zero-order chi connectivity index (χ0) is 23.8. The van der Waals surface area contributed by atoms with Gasteiger partial charge in [0.05, 0.1) is 22.5 Å². The summed E-state index contributed by atoms with van der Waals surface area (Å²) in [4.78, 5) is 33.1. The first-order valence-electron chi connectivity index (χ1n) is 10.9. The lowest BCUT2D eigenvalue weighted by Crippen LogP contribution is -2.23. The molecular formula is C25H21ClFN3O2S2. The molecule has 0 atom stereocenters. The van der Waals surface area contributed by atoms with E-state index in [1.165, 1.54) is 21.6 Å². The number of carbonyl (C=O) groups is 1. The smallest absolute Gasteiger partial charge is 0.267 e. The second kappa shape index (κ2) is 9.52. The Morgan fingerprint density at radius 2 is 2.03 bits per heavy atom. The third-order valence-electron chi connectivity index (χ3n) is 5.85. The Labute approximate surface area is 209 Å². The maximum absolute atomic E-state index is 13.9. The third-order valence-corrected chi connectivity index (χ3v) is 8.38. The van der Waals surface area contributed by atoms with Crippen LogP contribution in [0.5, 0.6) is 0 Å². The summed E-state index contributed by atoms with van der Waals surface area (Å²) in [6.45, 7) is 1.90. The van der Waals surface area contributed by atoms with E-state index in [9.17, 15) is 14.0 Å². The quantitative estimate of drug-likeness (QED) is 0.256. The zero-order valence-electron chi connectivity index (χ0n) is 18.4. The predicted molar refractivity (Wildman–Crippen MR) is 137 cm³/mol. The van der Waals surface area contributed by atoms with Crippen molar-refractivity contribution >= 4 is 56.5 Å². The standard InChI is InChI=1S/C25H21ClFN3O2S2/c1-14-10-11-15(12-17(14)26)30-24(32)22-16-6-2-5-9-20(16)34-23(22)29-25(30)33-13-21(31)28-19-8-4-3-7-18(19)27/h3-4,7-8,10-12H,2,5-6,9,13H2,1H3,(H,28,31). The molecule has 2 aromatic heterocycles. The van der Waals surface area contributed by atoms with Crippen molar-refractivity contribution in [2.75, 3.05) is 11.1 Å².